The van der Waals surface area contributed by atoms with E-state index in [4.69, 9.17) is 4.89 Å². The van der Waals surface area contributed by atoms with Gasteiger partial charge in [-0.05, 0) is 13.8 Å². The summed E-state index contributed by atoms with van der Waals surface area (Å²) >= 11 is 0. The van der Waals surface area contributed by atoms with Gasteiger partial charge in [-0.2, -0.15) is 0 Å². The fourth-order valence-corrected chi connectivity index (χ4v) is 0.723. The molecule has 0 fully saturated rings. The zero-order valence-corrected chi connectivity index (χ0v) is 6.44. The zero-order chi connectivity index (χ0) is 8.36. The van der Waals surface area contributed by atoms with E-state index in [9.17, 15) is 13.3 Å². The molecule has 0 aromatic rings. The first kappa shape index (κ1) is 9.88. The minimum absolute atomic E-state index is 1.04. The van der Waals surface area contributed by atoms with Gasteiger partial charge in [0, 0.05) is 4.57 Å². The van der Waals surface area contributed by atoms with E-state index in [0.717, 1.165) is 13.8 Å². The van der Waals surface area contributed by atoms with Crippen LogP contribution in [0.4, 0.5) is 8.78 Å². The van der Waals surface area contributed by atoms with Crippen molar-refractivity contribution in [2.75, 3.05) is 0 Å². The molecular formula is C4H8F2O3P+. The second-order valence-corrected chi connectivity index (χ2v) is 2.89. The average Bonchev–Trinajstić information content (AvgIpc) is 1.60. The molecule has 0 bridgehead atoms. The second-order valence-electron chi connectivity index (χ2n) is 2.23. The first-order chi connectivity index (χ1) is 4.36. The van der Waals surface area contributed by atoms with Gasteiger partial charge in [0.25, 0.3) is 6.43 Å². The van der Waals surface area contributed by atoms with Crippen molar-refractivity contribution in [1.29, 1.82) is 0 Å². The quantitative estimate of drug-likeness (QED) is 0.660. The molecule has 0 aliphatic heterocycles. The summed E-state index contributed by atoms with van der Waals surface area (Å²) < 4.78 is 37.5. The van der Waals surface area contributed by atoms with Crippen molar-refractivity contribution in [1.82, 2.24) is 0 Å². The first-order valence-electron chi connectivity index (χ1n) is 2.49. The maximum atomic E-state index is 11.8. The predicted molar refractivity (Wildman–Crippen MR) is 31.0 cm³/mol. The summed E-state index contributed by atoms with van der Waals surface area (Å²) in [5.74, 6) is 0. The van der Waals surface area contributed by atoms with E-state index < -0.39 is 20.3 Å². The largest absolute Gasteiger partial charge is 0.695 e. The number of hydrogen-bond donors (Lipinski definition) is 1. The van der Waals surface area contributed by atoms with Crippen LogP contribution >= 0.6 is 8.25 Å². The van der Waals surface area contributed by atoms with Crippen molar-refractivity contribution < 1.29 is 22.8 Å². The topological polar surface area (TPSA) is 46.5 Å². The van der Waals surface area contributed by atoms with E-state index >= 15 is 0 Å². The van der Waals surface area contributed by atoms with E-state index in [0.29, 0.717) is 0 Å². The molecule has 0 aliphatic rings. The predicted octanol–water partition coefficient (Wildman–Crippen LogP) is 1.70. The van der Waals surface area contributed by atoms with Crippen LogP contribution < -0.4 is 0 Å². The molecule has 3 nitrogen and oxygen atoms in total. The van der Waals surface area contributed by atoms with Crippen LogP contribution in [0.5, 0.6) is 0 Å². The fourth-order valence-electron chi connectivity index (χ4n) is 0.241. The highest BCUT2D eigenvalue weighted by Crippen LogP contribution is 2.30. The van der Waals surface area contributed by atoms with Crippen molar-refractivity contribution in [3.05, 3.63) is 0 Å². The van der Waals surface area contributed by atoms with Gasteiger partial charge < -0.3 is 0 Å². The van der Waals surface area contributed by atoms with E-state index in [-0.39, 0.29) is 0 Å². The van der Waals surface area contributed by atoms with Crippen LogP contribution in [0.25, 0.3) is 0 Å². The van der Waals surface area contributed by atoms with E-state index in [1.807, 2.05) is 0 Å². The van der Waals surface area contributed by atoms with E-state index in [2.05, 4.69) is 4.52 Å². The molecule has 0 saturated carbocycles. The Bertz CT molecular complexity index is 136. The lowest BCUT2D eigenvalue weighted by atomic mass is 10.2. The molecule has 10 heavy (non-hydrogen) atoms. The van der Waals surface area contributed by atoms with Crippen molar-refractivity contribution in [2.24, 2.45) is 0 Å². The molecule has 0 radical (unpaired) electrons. The lowest BCUT2D eigenvalue weighted by Crippen LogP contribution is -2.30. The number of rotatable bonds is 3. The summed E-state index contributed by atoms with van der Waals surface area (Å²) in [4.78, 5) is 8.09. The Balaban J connectivity index is 3.99. The molecule has 60 valence electrons. The van der Waals surface area contributed by atoms with Crippen molar-refractivity contribution in [2.45, 2.75) is 25.9 Å². The minimum Gasteiger partial charge on any atom is -0.207 e. The van der Waals surface area contributed by atoms with Gasteiger partial charge in [-0.3, -0.25) is 0 Å². The summed E-state index contributed by atoms with van der Waals surface area (Å²) in [6.07, 6.45) is -2.77. The molecular weight excluding hydrogens is 165 g/mol. The maximum Gasteiger partial charge on any atom is 0.695 e. The summed E-state index contributed by atoms with van der Waals surface area (Å²) in [5, 5.41) is 0. The summed E-state index contributed by atoms with van der Waals surface area (Å²) in [7, 11) is -2.95. The molecule has 0 rings (SSSR count). The number of halogens is 2. The highest BCUT2D eigenvalue weighted by molar-refractivity contribution is 7.32. The van der Waals surface area contributed by atoms with Gasteiger partial charge in [-0.15, -0.1) is 9.42 Å². The molecule has 0 spiro atoms. The SMILES string of the molecule is CC(C)(O[P+](=O)O)C(F)F. The summed E-state index contributed by atoms with van der Waals surface area (Å²) in [5.41, 5.74) is -1.85. The molecule has 0 aromatic carbocycles. The lowest BCUT2D eigenvalue weighted by molar-refractivity contribution is -0.0520. The van der Waals surface area contributed by atoms with Gasteiger partial charge in [0.05, 0.1) is 0 Å². The van der Waals surface area contributed by atoms with Gasteiger partial charge in [0.2, 0.25) is 0 Å². The molecule has 0 aromatic heterocycles. The molecule has 0 amide bonds. The van der Waals surface area contributed by atoms with Gasteiger partial charge >= 0.3 is 8.25 Å². The van der Waals surface area contributed by atoms with Crippen LogP contribution in [0.15, 0.2) is 0 Å². The Morgan fingerprint density at radius 1 is 1.60 bits per heavy atom. The van der Waals surface area contributed by atoms with Crippen LogP contribution in [0.3, 0.4) is 0 Å². The Kier molecular flexibility index (Phi) is 3.28. The Morgan fingerprint density at radius 2 is 2.00 bits per heavy atom. The number of alkyl halides is 2. The monoisotopic (exact) mass is 173 g/mol. The first-order valence-corrected chi connectivity index (χ1v) is 3.62. The molecule has 0 aliphatic carbocycles. The summed E-state index contributed by atoms with van der Waals surface area (Å²) in [6, 6.07) is 0. The van der Waals surface area contributed by atoms with Crippen LogP contribution in [0, 0.1) is 0 Å². The molecule has 1 atom stereocenters. The molecule has 0 saturated heterocycles. The van der Waals surface area contributed by atoms with Crippen LogP contribution in [0.2, 0.25) is 0 Å². The highest BCUT2D eigenvalue weighted by Gasteiger charge is 2.39. The normalized spacial score (nSPS) is 14.0. The van der Waals surface area contributed by atoms with Crippen molar-refractivity contribution >= 4 is 8.25 Å². The molecule has 6 heteroatoms. The van der Waals surface area contributed by atoms with Gasteiger partial charge in [0.15, 0.2) is 5.60 Å². The minimum atomic E-state index is -2.95. The van der Waals surface area contributed by atoms with Crippen LogP contribution in [0.1, 0.15) is 13.8 Å². The van der Waals surface area contributed by atoms with Crippen molar-refractivity contribution in [3.8, 4) is 0 Å². The van der Waals surface area contributed by atoms with E-state index in [1.165, 1.54) is 0 Å². The third-order valence-corrected chi connectivity index (χ3v) is 1.47. The molecule has 1 N–H and O–H groups in total. The maximum absolute atomic E-state index is 11.8. The Morgan fingerprint density at radius 3 is 2.10 bits per heavy atom. The third-order valence-electron chi connectivity index (χ3n) is 0.839. The summed E-state index contributed by atoms with van der Waals surface area (Å²) in [6.45, 7) is 2.09. The smallest absolute Gasteiger partial charge is 0.207 e. The Hall–Kier alpha value is -0.120. The van der Waals surface area contributed by atoms with Crippen molar-refractivity contribution in [3.63, 3.8) is 0 Å². The van der Waals surface area contributed by atoms with Gasteiger partial charge in [-0.25, -0.2) is 8.78 Å². The van der Waals surface area contributed by atoms with E-state index in [1.54, 1.807) is 0 Å². The van der Waals surface area contributed by atoms with Crippen LogP contribution in [-0.2, 0) is 9.09 Å². The number of hydrogen-bond acceptors (Lipinski definition) is 2. The zero-order valence-electron chi connectivity index (χ0n) is 5.54. The fraction of sp³-hybridized carbons (Fsp3) is 1.00. The lowest BCUT2D eigenvalue weighted by Gasteiger charge is -2.14. The molecule has 1 unspecified atom stereocenters. The van der Waals surface area contributed by atoms with Gasteiger partial charge in [-0.1, -0.05) is 0 Å². The average molecular weight is 173 g/mol. The standard InChI is InChI=1S/C4H7F2O3P/c1-4(2,3(5)6)9-10(7)8/h3H,1-2H3/p+1. The second kappa shape index (κ2) is 3.32. The van der Waals surface area contributed by atoms with Crippen LogP contribution in [-0.4, -0.2) is 16.9 Å². The third kappa shape index (κ3) is 3.15. The Labute approximate surface area is 58.0 Å². The molecule has 0 heterocycles. The van der Waals surface area contributed by atoms with Gasteiger partial charge in [0.1, 0.15) is 0 Å². The highest BCUT2D eigenvalue weighted by atomic mass is 31.1.